The van der Waals surface area contributed by atoms with E-state index in [4.69, 9.17) is 16.2 Å². The predicted octanol–water partition coefficient (Wildman–Crippen LogP) is 1.02. The molecule has 0 aromatic heterocycles. The molecule has 2 N–H and O–H groups in total. The van der Waals surface area contributed by atoms with Crippen LogP contribution in [0.25, 0.3) is 0 Å². The molecule has 0 aromatic rings. The SMILES string of the molecule is O=C1C(Cl)=C(Br)C(=O)C(NCS(=O)(=O)O)=C1Br. The highest BCUT2D eigenvalue weighted by atomic mass is 79.9. The third-order valence-electron chi connectivity index (χ3n) is 1.67. The number of ketones is 2. The molecule has 1 aliphatic carbocycles. The van der Waals surface area contributed by atoms with Gasteiger partial charge in [0.25, 0.3) is 10.1 Å². The summed E-state index contributed by atoms with van der Waals surface area (Å²) in [6.45, 7) is 0. The fraction of sp³-hybridized carbons (Fsp3) is 0.143. The zero-order chi connectivity index (χ0) is 13.4. The third kappa shape index (κ3) is 3.38. The first-order valence-corrected chi connectivity index (χ1v) is 7.46. The lowest BCUT2D eigenvalue weighted by molar-refractivity contribution is -0.115. The van der Waals surface area contributed by atoms with Gasteiger partial charge in [0.15, 0.2) is 0 Å². The van der Waals surface area contributed by atoms with Crippen LogP contribution in [0.2, 0.25) is 0 Å². The Morgan fingerprint density at radius 1 is 1.18 bits per heavy atom. The van der Waals surface area contributed by atoms with Gasteiger partial charge in [-0.05, 0) is 31.9 Å². The number of Topliss-reactive ketones (excluding diaryl/α,β-unsaturated/α-hetero) is 2. The smallest absolute Gasteiger partial charge is 0.283 e. The number of halogens is 3. The topological polar surface area (TPSA) is 101 Å². The van der Waals surface area contributed by atoms with Crippen molar-refractivity contribution < 1.29 is 22.6 Å². The Labute approximate surface area is 118 Å². The fourth-order valence-corrected chi connectivity index (χ4v) is 2.46. The average Bonchev–Trinajstić information content (AvgIpc) is 2.22. The number of hydrogen-bond donors (Lipinski definition) is 2. The summed E-state index contributed by atoms with van der Waals surface area (Å²) in [6.07, 6.45) is 0. The molecule has 0 heterocycles. The van der Waals surface area contributed by atoms with Gasteiger partial charge in [-0.25, -0.2) is 0 Å². The first kappa shape index (κ1) is 14.8. The molecule has 94 valence electrons. The summed E-state index contributed by atoms with van der Waals surface area (Å²) in [4.78, 5) is 23.1. The van der Waals surface area contributed by atoms with Crippen molar-refractivity contribution in [2.45, 2.75) is 0 Å². The summed E-state index contributed by atoms with van der Waals surface area (Å²) in [5.74, 6) is -2.25. The molecule has 1 rings (SSSR count). The Kier molecular flexibility index (Phi) is 4.53. The lowest BCUT2D eigenvalue weighted by Gasteiger charge is -2.15. The van der Waals surface area contributed by atoms with E-state index in [9.17, 15) is 18.0 Å². The van der Waals surface area contributed by atoms with Gasteiger partial charge in [-0.3, -0.25) is 14.1 Å². The number of carbonyl (C=O) groups is 2. The van der Waals surface area contributed by atoms with Gasteiger partial charge < -0.3 is 5.32 Å². The van der Waals surface area contributed by atoms with E-state index in [1.807, 2.05) is 0 Å². The van der Waals surface area contributed by atoms with Crippen molar-refractivity contribution >= 4 is 65.1 Å². The van der Waals surface area contributed by atoms with Crippen molar-refractivity contribution in [2.24, 2.45) is 0 Å². The number of rotatable bonds is 3. The Bertz CT molecular complexity index is 565. The Hall–Kier alpha value is -0.220. The molecule has 17 heavy (non-hydrogen) atoms. The van der Waals surface area contributed by atoms with E-state index in [0.717, 1.165) is 0 Å². The second kappa shape index (κ2) is 5.19. The van der Waals surface area contributed by atoms with E-state index in [2.05, 4.69) is 37.2 Å². The van der Waals surface area contributed by atoms with Crippen molar-refractivity contribution in [3.63, 3.8) is 0 Å². The van der Waals surface area contributed by atoms with E-state index < -0.39 is 27.6 Å². The lowest BCUT2D eigenvalue weighted by atomic mass is 10.1. The summed E-state index contributed by atoms with van der Waals surface area (Å²) in [5.41, 5.74) is -0.288. The van der Waals surface area contributed by atoms with Crippen LogP contribution < -0.4 is 5.32 Å². The lowest BCUT2D eigenvalue weighted by Crippen LogP contribution is -2.31. The van der Waals surface area contributed by atoms with E-state index in [-0.39, 0.29) is 19.7 Å². The maximum atomic E-state index is 11.6. The first-order chi connectivity index (χ1) is 7.65. The highest BCUT2D eigenvalue weighted by Gasteiger charge is 2.32. The highest BCUT2D eigenvalue weighted by molar-refractivity contribution is 9.12. The zero-order valence-corrected chi connectivity index (χ0v) is 12.6. The van der Waals surface area contributed by atoms with Crippen molar-refractivity contribution in [1.82, 2.24) is 5.32 Å². The van der Waals surface area contributed by atoms with Crippen LogP contribution in [0, 0.1) is 0 Å². The van der Waals surface area contributed by atoms with E-state index in [1.54, 1.807) is 0 Å². The molecule has 0 aliphatic heterocycles. The molecule has 0 bridgehead atoms. The van der Waals surface area contributed by atoms with E-state index in [0.29, 0.717) is 0 Å². The molecule has 0 atom stereocenters. The summed E-state index contributed by atoms with van der Waals surface area (Å²) >= 11 is 11.2. The molecule has 0 unspecified atom stereocenters. The molecule has 10 heteroatoms. The summed E-state index contributed by atoms with van der Waals surface area (Å²) in [5, 5.41) is 1.84. The summed E-state index contributed by atoms with van der Waals surface area (Å²) < 4.78 is 29.2. The van der Waals surface area contributed by atoms with Gasteiger partial charge in [-0.2, -0.15) is 8.42 Å². The number of allylic oxidation sites excluding steroid dienone is 3. The van der Waals surface area contributed by atoms with Crippen molar-refractivity contribution in [2.75, 3.05) is 5.88 Å². The van der Waals surface area contributed by atoms with Gasteiger partial charge >= 0.3 is 0 Å². The minimum Gasteiger partial charge on any atom is -0.365 e. The maximum absolute atomic E-state index is 11.6. The van der Waals surface area contributed by atoms with E-state index >= 15 is 0 Å². The molecule has 0 aromatic carbocycles. The molecular weight excluding hydrogens is 405 g/mol. The second-order valence-corrected chi connectivity index (χ2v) is 6.29. The van der Waals surface area contributed by atoms with Gasteiger partial charge in [0.05, 0.1) is 8.96 Å². The Balaban J connectivity index is 3.08. The molecular formula is C7H4Br2ClNO5S. The molecule has 0 spiro atoms. The molecule has 0 saturated carbocycles. The first-order valence-electron chi connectivity index (χ1n) is 3.88. The largest absolute Gasteiger partial charge is 0.365 e. The maximum Gasteiger partial charge on any atom is 0.283 e. The predicted molar refractivity (Wildman–Crippen MR) is 67.3 cm³/mol. The number of nitrogens with one attached hydrogen (secondary N) is 1. The van der Waals surface area contributed by atoms with Crippen LogP contribution in [0.4, 0.5) is 0 Å². The Morgan fingerprint density at radius 3 is 2.18 bits per heavy atom. The summed E-state index contributed by atoms with van der Waals surface area (Å²) in [6, 6.07) is 0. The standard InChI is InChI=1S/C7H4Br2ClNO5S/c8-2-4(10)6(12)3(9)5(7(2)13)11-1-17(14,15)16/h11H,1H2,(H,14,15,16). The number of carbonyl (C=O) groups excluding carboxylic acids is 2. The van der Waals surface area contributed by atoms with Crippen molar-refractivity contribution in [3.05, 3.63) is 19.7 Å². The molecule has 0 saturated heterocycles. The van der Waals surface area contributed by atoms with Crippen LogP contribution in [0.1, 0.15) is 0 Å². The van der Waals surface area contributed by atoms with Crippen LogP contribution in [0.5, 0.6) is 0 Å². The third-order valence-corrected chi connectivity index (χ3v) is 4.28. The van der Waals surface area contributed by atoms with Gasteiger partial charge in [-0.1, -0.05) is 11.6 Å². The highest BCUT2D eigenvalue weighted by Crippen LogP contribution is 2.32. The van der Waals surface area contributed by atoms with Crippen LogP contribution in [-0.4, -0.2) is 30.4 Å². The van der Waals surface area contributed by atoms with Gasteiger partial charge in [0.2, 0.25) is 11.6 Å². The fourth-order valence-electron chi connectivity index (χ4n) is 0.940. The summed E-state index contributed by atoms with van der Waals surface area (Å²) in [7, 11) is -4.31. The molecule has 1 aliphatic rings. The molecule has 6 nitrogen and oxygen atoms in total. The van der Waals surface area contributed by atoms with Crippen LogP contribution >= 0.6 is 43.5 Å². The van der Waals surface area contributed by atoms with Crippen molar-refractivity contribution in [1.29, 1.82) is 0 Å². The minimum atomic E-state index is -4.31. The molecule has 0 fully saturated rings. The average molecular weight is 409 g/mol. The molecule has 0 amide bonds. The van der Waals surface area contributed by atoms with Gasteiger partial charge in [0, 0.05) is 0 Å². The number of hydrogen-bond acceptors (Lipinski definition) is 5. The normalized spacial score (nSPS) is 17.9. The monoisotopic (exact) mass is 407 g/mol. The second-order valence-electron chi connectivity index (χ2n) is 2.88. The van der Waals surface area contributed by atoms with Crippen molar-refractivity contribution in [3.8, 4) is 0 Å². The molecule has 0 radical (unpaired) electrons. The Morgan fingerprint density at radius 2 is 1.71 bits per heavy atom. The van der Waals surface area contributed by atoms with Crippen LogP contribution in [0.15, 0.2) is 19.7 Å². The zero-order valence-electron chi connectivity index (χ0n) is 7.83. The van der Waals surface area contributed by atoms with Crippen LogP contribution in [0.3, 0.4) is 0 Å². The quantitative estimate of drug-likeness (QED) is 0.533. The minimum absolute atomic E-state index is 0.176. The van der Waals surface area contributed by atoms with Gasteiger partial charge in [0.1, 0.15) is 16.6 Å². The van der Waals surface area contributed by atoms with Gasteiger partial charge in [-0.15, -0.1) is 0 Å². The van der Waals surface area contributed by atoms with Crippen LogP contribution in [-0.2, 0) is 19.7 Å². The van der Waals surface area contributed by atoms with E-state index in [1.165, 1.54) is 0 Å².